The standard InChI is InChI=1S/C58H38N6S/c1-5-17-39(18-6-1)61(43-29-32-48-46-25-13-15-27-51(46)63(53(48)35-43)41-21-9-3-10-22-41)45-31-34-50-55(37-45)65-56-38-57(59-60-58(50)56)62(40-19-7-2-8-20-40)44-30-33-49-47-26-14-16-28-52(47)64(54(49)36-44)42-23-11-4-12-24-42/h1-38H. The first kappa shape index (κ1) is 37.1. The van der Waals surface area contributed by atoms with Crippen LogP contribution in [0.1, 0.15) is 0 Å². The average Bonchev–Trinajstić information content (AvgIpc) is 4.02. The summed E-state index contributed by atoms with van der Waals surface area (Å²) in [5.74, 6) is 0.755. The summed E-state index contributed by atoms with van der Waals surface area (Å²) >= 11 is 1.75. The maximum atomic E-state index is 4.98. The van der Waals surface area contributed by atoms with Crippen LogP contribution >= 0.6 is 11.3 Å². The highest BCUT2D eigenvalue weighted by Crippen LogP contribution is 2.44. The lowest BCUT2D eigenvalue weighted by Gasteiger charge is -2.26. The fraction of sp³-hybridized carbons (Fsp3) is 0. The van der Waals surface area contributed by atoms with Gasteiger partial charge in [-0.05, 0) is 103 Å². The molecule has 0 fully saturated rings. The lowest BCUT2D eigenvalue weighted by Crippen LogP contribution is -2.12. The molecule has 4 aromatic heterocycles. The zero-order valence-corrected chi connectivity index (χ0v) is 35.8. The fourth-order valence-corrected chi connectivity index (χ4v) is 10.8. The smallest absolute Gasteiger partial charge is 0.161 e. The number of para-hydroxylation sites is 6. The van der Waals surface area contributed by atoms with Crippen LogP contribution in [0.4, 0.5) is 34.3 Å². The summed E-state index contributed by atoms with van der Waals surface area (Å²) < 4.78 is 6.95. The molecule has 0 radical (unpaired) electrons. The highest BCUT2D eigenvalue weighted by atomic mass is 32.1. The van der Waals surface area contributed by atoms with Crippen molar-refractivity contribution in [2.24, 2.45) is 0 Å². The predicted molar refractivity (Wildman–Crippen MR) is 273 cm³/mol. The summed E-state index contributed by atoms with van der Waals surface area (Å²) in [6.45, 7) is 0. The third-order valence-electron chi connectivity index (χ3n) is 12.6. The van der Waals surface area contributed by atoms with Gasteiger partial charge in [-0.1, -0.05) is 121 Å². The first-order valence-electron chi connectivity index (χ1n) is 21.8. The zero-order valence-electron chi connectivity index (χ0n) is 35.0. The van der Waals surface area contributed by atoms with E-state index in [4.69, 9.17) is 10.2 Å². The van der Waals surface area contributed by atoms with Crippen LogP contribution in [0.2, 0.25) is 0 Å². The van der Waals surface area contributed by atoms with Crippen molar-refractivity contribution >= 4 is 110 Å². The molecule has 0 saturated heterocycles. The molecule has 0 bridgehead atoms. The molecule has 0 atom stereocenters. The number of nitrogens with zero attached hydrogens (tertiary/aromatic N) is 6. The van der Waals surface area contributed by atoms with Gasteiger partial charge in [0.05, 0.1) is 26.8 Å². The maximum absolute atomic E-state index is 4.98. The number of benzene rings is 9. The molecule has 0 aliphatic rings. The number of aromatic nitrogens is 4. The molecule has 306 valence electrons. The molecule has 0 unspecified atom stereocenters. The highest BCUT2D eigenvalue weighted by molar-refractivity contribution is 7.25. The van der Waals surface area contributed by atoms with Crippen molar-refractivity contribution in [3.05, 3.63) is 231 Å². The Kier molecular flexibility index (Phi) is 8.60. The Morgan fingerprint density at radius 2 is 0.738 bits per heavy atom. The number of anilines is 6. The molecule has 0 spiro atoms. The number of hydrogen-bond acceptors (Lipinski definition) is 5. The van der Waals surface area contributed by atoms with Crippen LogP contribution < -0.4 is 9.80 Å². The summed E-state index contributed by atoms with van der Waals surface area (Å²) in [4.78, 5) is 4.58. The summed E-state index contributed by atoms with van der Waals surface area (Å²) in [5.41, 5.74) is 13.0. The Bertz CT molecular complexity index is 3640. The lowest BCUT2D eigenvalue weighted by atomic mass is 10.1. The van der Waals surface area contributed by atoms with Crippen molar-refractivity contribution in [3.8, 4) is 11.4 Å². The molecule has 65 heavy (non-hydrogen) atoms. The van der Waals surface area contributed by atoms with Gasteiger partial charge in [-0.3, -0.25) is 4.90 Å². The van der Waals surface area contributed by atoms with Crippen molar-refractivity contribution in [2.75, 3.05) is 9.80 Å². The van der Waals surface area contributed by atoms with Gasteiger partial charge in [-0.2, -0.15) is 0 Å². The summed E-state index contributed by atoms with van der Waals surface area (Å²) in [6, 6.07) is 82.2. The molecule has 4 heterocycles. The van der Waals surface area contributed by atoms with E-state index >= 15 is 0 Å². The van der Waals surface area contributed by atoms with Crippen LogP contribution in [0.5, 0.6) is 0 Å². The molecular formula is C58H38N6S. The molecule has 13 aromatic rings. The van der Waals surface area contributed by atoms with Crippen LogP contribution in [0, 0.1) is 0 Å². The Labute approximate surface area is 378 Å². The van der Waals surface area contributed by atoms with E-state index in [1.807, 2.05) is 0 Å². The Morgan fingerprint density at radius 1 is 0.308 bits per heavy atom. The third-order valence-corrected chi connectivity index (χ3v) is 13.7. The van der Waals surface area contributed by atoms with Crippen LogP contribution in [-0.4, -0.2) is 19.3 Å². The first-order chi connectivity index (χ1) is 32.2. The van der Waals surface area contributed by atoms with E-state index in [-0.39, 0.29) is 0 Å². The van der Waals surface area contributed by atoms with Crippen molar-refractivity contribution in [3.63, 3.8) is 0 Å². The van der Waals surface area contributed by atoms with Gasteiger partial charge in [0.2, 0.25) is 0 Å². The van der Waals surface area contributed by atoms with E-state index in [1.54, 1.807) is 11.3 Å². The Balaban J connectivity index is 0.949. The highest BCUT2D eigenvalue weighted by Gasteiger charge is 2.22. The predicted octanol–water partition coefficient (Wildman–Crippen LogP) is 16.0. The number of rotatable bonds is 8. The second kappa shape index (κ2) is 15.1. The second-order valence-corrected chi connectivity index (χ2v) is 17.4. The van der Waals surface area contributed by atoms with Gasteiger partial charge in [0.15, 0.2) is 5.82 Å². The van der Waals surface area contributed by atoms with Gasteiger partial charge in [-0.25, -0.2) is 0 Å². The van der Waals surface area contributed by atoms with Crippen LogP contribution in [-0.2, 0) is 0 Å². The van der Waals surface area contributed by atoms with Crippen molar-refractivity contribution in [2.45, 2.75) is 0 Å². The van der Waals surface area contributed by atoms with E-state index in [0.29, 0.717) is 0 Å². The lowest BCUT2D eigenvalue weighted by molar-refractivity contribution is 1.04. The minimum Gasteiger partial charge on any atom is -0.310 e. The number of hydrogen-bond donors (Lipinski definition) is 0. The maximum Gasteiger partial charge on any atom is 0.161 e. The molecule has 9 aromatic carbocycles. The third kappa shape index (κ3) is 6.09. The van der Waals surface area contributed by atoms with Crippen molar-refractivity contribution in [1.29, 1.82) is 0 Å². The summed E-state index contributed by atoms with van der Waals surface area (Å²) in [6.07, 6.45) is 0. The van der Waals surface area contributed by atoms with E-state index in [1.165, 1.54) is 32.6 Å². The fourth-order valence-electron chi connectivity index (χ4n) is 9.71. The minimum atomic E-state index is 0.755. The zero-order chi connectivity index (χ0) is 42.8. The molecular weight excluding hydrogens is 813 g/mol. The van der Waals surface area contributed by atoms with Crippen LogP contribution in [0.3, 0.4) is 0 Å². The average molecular weight is 851 g/mol. The van der Waals surface area contributed by atoms with Gasteiger partial charge in [-0.15, -0.1) is 21.5 Å². The number of thiophene rings is 1. The molecule has 6 nitrogen and oxygen atoms in total. The van der Waals surface area contributed by atoms with Gasteiger partial charge in [0.25, 0.3) is 0 Å². The van der Waals surface area contributed by atoms with Crippen molar-refractivity contribution < 1.29 is 0 Å². The van der Waals surface area contributed by atoms with Gasteiger partial charge in [0.1, 0.15) is 5.52 Å². The molecule has 0 aliphatic heterocycles. The van der Waals surface area contributed by atoms with Gasteiger partial charge >= 0.3 is 0 Å². The van der Waals surface area contributed by atoms with E-state index in [9.17, 15) is 0 Å². The Morgan fingerprint density at radius 3 is 1.29 bits per heavy atom. The molecule has 0 N–H and O–H groups in total. The van der Waals surface area contributed by atoms with E-state index in [0.717, 1.165) is 77.0 Å². The van der Waals surface area contributed by atoms with E-state index in [2.05, 4.69) is 249 Å². The molecule has 0 aliphatic carbocycles. The topological polar surface area (TPSA) is 42.1 Å². The first-order valence-corrected chi connectivity index (χ1v) is 22.6. The Hall–Kier alpha value is -8.52. The quantitative estimate of drug-likeness (QED) is 0.153. The normalized spacial score (nSPS) is 11.7. The number of fused-ring (bicyclic) bond motifs is 9. The molecule has 7 heteroatoms. The van der Waals surface area contributed by atoms with E-state index < -0.39 is 0 Å². The van der Waals surface area contributed by atoms with Gasteiger partial charge < -0.3 is 14.0 Å². The van der Waals surface area contributed by atoms with Crippen molar-refractivity contribution in [1.82, 2.24) is 19.3 Å². The molecule has 13 rings (SSSR count). The van der Waals surface area contributed by atoms with Crippen LogP contribution in [0.15, 0.2) is 231 Å². The summed E-state index contributed by atoms with van der Waals surface area (Å²) in [5, 5.41) is 15.9. The second-order valence-electron chi connectivity index (χ2n) is 16.3. The van der Waals surface area contributed by atoms with Crippen LogP contribution in [0.25, 0.3) is 75.3 Å². The summed E-state index contributed by atoms with van der Waals surface area (Å²) in [7, 11) is 0. The molecule has 0 saturated carbocycles. The largest absolute Gasteiger partial charge is 0.310 e. The SMILES string of the molecule is c1ccc(N(c2ccc3c(c2)sc2cc(N(c4ccccc4)c4ccc5c6ccccc6n(-c6ccccc6)c5c4)nnc23)c2ccc3c4ccccc4n(-c4ccccc4)c3c2)cc1. The minimum absolute atomic E-state index is 0.755. The van der Waals surface area contributed by atoms with Gasteiger partial charge in [0, 0.05) is 77.5 Å². The monoisotopic (exact) mass is 850 g/mol. The molecule has 0 amide bonds.